The van der Waals surface area contributed by atoms with E-state index in [4.69, 9.17) is 0 Å². The number of hydrogen-bond acceptors (Lipinski definition) is 3. The molecule has 25 heavy (non-hydrogen) atoms. The lowest BCUT2D eigenvalue weighted by molar-refractivity contribution is -0.384. The molecule has 4 nitrogen and oxygen atoms in total. The predicted octanol–water partition coefficient (Wildman–Crippen LogP) is 5.03. The normalized spacial score (nSPS) is 32.0. The molecule has 1 heterocycles. The van der Waals surface area contributed by atoms with Gasteiger partial charge in [0.25, 0.3) is 5.69 Å². The molecule has 2 aliphatic carbocycles. The fourth-order valence-corrected chi connectivity index (χ4v) is 5.59. The molecule has 2 saturated carbocycles. The van der Waals surface area contributed by atoms with Crippen LogP contribution < -0.4 is 5.32 Å². The topological polar surface area (TPSA) is 55.2 Å². The summed E-state index contributed by atoms with van der Waals surface area (Å²) in [6, 6.07) is 12.1. The number of nitrogens with one attached hydrogen (secondary N) is 1. The minimum atomic E-state index is -0.311. The molecule has 2 aromatic rings. The number of nitro groups is 1. The molecule has 5 heteroatoms. The standard InChI is InChI=1S/C20H19FN2O2/c21-14-5-3-11(4-6-14)20-19-13-2-1-12(9-13)18(19)16-10-15(23(24)25)7-8-17(16)22-20/h3-8,10,12-13,18-20,22H,1-2,9H2/t12-,13-,18-,19-,20+/m0/s1. The van der Waals surface area contributed by atoms with Gasteiger partial charge in [-0.1, -0.05) is 12.1 Å². The van der Waals surface area contributed by atoms with Crippen LogP contribution in [0.4, 0.5) is 15.8 Å². The smallest absolute Gasteiger partial charge is 0.269 e. The van der Waals surface area contributed by atoms with E-state index in [0.29, 0.717) is 23.7 Å². The molecule has 2 bridgehead atoms. The maximum atomic E-state index is 13.3. The minimum Gasteiger partial charge on any atom is -0.378 e. The molecule has 1 N–H and O–H groups in total. The number of rotatable bonds is 2. The highest BCUT2D eigenvalue weighted by Crippen LogP contribution is 2.63. The van der Waals surface area contributed by atoms with Gasteiger partial charge in [0, 0.05) is 17.8 Å². The van der Waals surface area contributed by atoms with Crippen molar-refractivity contribution in [1.29, 1.82) is 0 Å². The molecule has 128 valence electrons. The Morgan fingerprint density at radius 2 is 1.84 bits per heavy atom. The predicted molar refractivity (Wildman–Crippen MR) is 92.9 cm³/mol. The second-order valence-corrected chi connectivity index (χ2v) is 7.64. The first-order valence-electron chi connectivity index (χ1n) is 8.92. The van der Waals surface area contributed by atoms with Crippen molar-refractivity contribution in [2.24, 2.45) is 17.8 Å². The molecule has 0 spiro atoms. The monoisotopic (exact) mass is 338 g/mol. The highest BCUT2D eigenvalue weighted by molar-refractivity contribution is 5.62. The average Bonchev–Trinajstić information content (AvgIpc) is 3.23. The Morgan fingerprint density at radius 3 is 2.60 bits per heavy atom. The number of halogens is 1. The Bertz CT molecular complexity index is 851. The maximum absolute atomic E-state index is 13.3. The van der Waals surface area contributed by atoms with Crippen molar-refractivity contribution in [2.75, 3.05) is 5.32 Å². The summed E-state index contributed by atoms with van der Waals surface area (Å²) in [6.45, 7) is 0. The molecule has 2 fully saturated rings. The Hall–Kier alpha value is -2.43. The van der Waals surface area contributed by atoms with Crippen molar-refractivity contribution >= 4 is 11.4 Å². The molecule has 0 amide bonds. The molecule has 5 atom stereocenters. The van der Waals surface area contributed by atoms with Crippen molar-refractivity contribution in [3.63, 3.8) is 0 Å². The molecule has 0 radical (unpaired) electrons. The summed E-state index contributed by atoms with van der Waals surface area (Å²) in [6.07, 6.45) is 3.65. The second-order valence-electron chi connectivity index (χ2n) is 7.64. The Balaban J connectivity index is 1.62. The van der Waals surface area contributed by atoms with Gasteiger partial charge in [-0.3, -0.25) is 10.1 Å². The molecular formula is C20H19FN2O2. The third kappa shape index (κ3) is 2.18. The van der Waals surface area contributed by atoms with Gasteiger partial charge < -0.3 is 5.32 Å². The SMILES string of the molecule is O=[N+]([O-])c1ccc2c(c1)[C@@H]1[C@H]3CC[C@@H](C3)[C@@H]1[C@@H](c1ccc(F)cc1)N2. The maximum Gasteiger partial charge on any atom is 0.269 e. The number of hydrogen-bond donors (Lipinski definition) is 1. The lowest BCUT2D eigenvalue weighted by atomic mass is 9.68. The first-order chi connectivity index (χ1) is 12.1. The number of fused-ring (bicyclic) bond motifs is 7. The fraction of sp³-hybridized carbons (Fsp3) is 0.400. The third-order valence-corrected chi connectivity index (χ3v) is 6.51. The van der Waals surface area contributed by atoms with Crippen molar-refractivity contribution in [3.8, 4) is 0 Å². The fourth-order valence-electron chi connectivity index (χ4n) is 5.59. The van der Waals surface area contributed by atoms with E-state index in [1.165, 1.54) is 31.4 Å². The Labute approximate surface area is 145 Å². The van der Waals surface area contributed by atoms with Crippen molar-refractivity contribution < 1.29 is 9.31 Å². The minimum absolute atomic E-state index is 0.148. The highest BCUT2D eigenvalue weighted by atomic mass is 19.1. The van der Waals surface area contributed by atoms with E-state index in [-0.39, 0.29) is 22.5 Å². The molecule has 5 rings (SSSR count). The largest absolute Gasteiger partial charge is 0.378 e. The molecule has 3 aliphatic rings. The number of nitrogens with zero attached hydrogens (tertiary/aromatic N) is 1. The summed E-state index contributed by atoms with van der Waals surface area (Å²) < 4.78 is 13.3. The van der Waals surface area contributed by atoms with Crippen LogP contribution in [0.2, 0.25) is 0 Å². The molecule has 0 unspecified atom stereocenters. The molecular weight excluding hydrogens is 319 g/mol. The molecule has 0 saturated heterocycles. The van der Waals surface area contributed by atoms with Gasteiger partial charge in [0.1, 0.15) is 5.82 Å². The zero-order valence-corrected chi connectivity index (χ0v) is 13.7. The van der Waals surface area contributed by atoms with E-state index in [9.17, 15) is 14.5 Å². The number of non-ortho nitro benzene ring substituents is 1. The van der Waals surface area contributed by atoms with Crippen LogP contribution in [0.15, 0.2) is 42.5 Å². The van der Waals surface area contributed by atoms with Gasteiger partial charge in [0.2, 0.25) is 0 Å². The van der Waals surface area contributed by atoms with E-state index >= 15 is 0 Å². The van der Waals surface area contributed by atoms with Crippen molar-refractivity contribution in [2.45, 2.75) is 31.2 Å². The first-order valence-corrected chi connectivity index (χ1v) is 8.92. The van der Waals surface area contributed by atoms with Crippen LogP contribution in [-0.4, -0.2) is 4.92 Å². The average molecular weight is 338 g/mol. The van der Waals surface area contributed by atoms with Gasteiger partial charge in [-0.25, -0.2) is 4.39 Å². The highest BCUT2D eigenvalue weighted by Gasteiger charge is 2.54. The van der Waals surface area contributed by atoms with E-state index < -0.39 is 0 Å². The van der Waals surface area contributed by atoms with Crippen LogP contribution in [0.3, 0.4) is 0 Å². The summed E-state index contributed by atoms with van der Waals surface area (Å²) in [5.41, 5.74) is 3.37. The summed E-state index contributed by atoms with van der Waals surface area (Å²) in [5, 5.41) is 14.8. The summed E-state index contributed by atoms with van der Waals surface area (Å²) in [4.78, 5) is 10.9. The lowest BCUT2D eigenvalue weighted by Gasteiger charge is -2.43. The van der Waals surface area contributed by atoms with Crippen LogP contribution in [0, 0.1) is 33.7 Å². The van der Waals surface area contributed by atoms with Crippen LogP contribution in [-0.2, 0) is 0 Å². The van der Waals surface area contributed by atoms with E-state index in [2.05, 4.69) is 5.32 Å². The van der Waals surface area contributed by atoms with Gasteiger partial charge in [-0.05, 0) is 72.3 Å². The first kappa shape index (κ1) is 14.9. The zero-order valence-electron chi connectivity index (χ0n) is 13.7. The van der Waals surface area contributed by atoms with E-state index in [1.807, 2.05) is 18.2 Å². The van der Waals surface area contributed by atoms with Crippen LogP contribution in [0.5, 0.6) is 0 Å². The third-order valence-electron chi connectivity index (χ3n) is 6.51. The molecule has 2 aromatic carbocycles. The quantitative estimate of drug-likeness (QED) is 0.617. The number of benzene rings is 2. The van der Waals surface area contributed by atoms with Crippen LogP contribution >= 0.6 is 0 Å². The summed E-state index contributed by atoms with van der Waals surface area (Å²) >= 11 is 0. The summed E-state index contributed by atoms with van der Waals surface area (Å²) in [5.74, 6) is 1.83. The van der Waals surface area contributed by atoms with Gasteiger partial charge in [0.15, 0.2) is 0 Å². The van der Waals surface area contributed by atoms with Crippen LogP contribution in [0.25, 0.3) is 0 Å². The van der Waals surface area contributed by atoms with Gasteiger partial charge in [-0.15, -0.1) is 0 Å². The van der Waals surface area contributed by atoms with Gasteiger partial charge in [0.05, 0.1) is 11.0 Å². The lowest BCUT2D eigenvalue weighted by Crippen LogP contribution is -2.35. The Kier molecular flexibility index (Phi) is 3.14. The Morgan fingerprint density at radius 1 is 1.08 bits per heavy atom. The number of nitro benzene ring substituents is 1. The second kappa shape index (κ2) is 5.28. The van der Waals surface area contributed by atoms with Crippen molar-refractivity contribution in [1.82, 2.24) is 0 Å². The van der Waals surface area contributed by atoms with Gasteiger partial charge in [-0.2, -0.15) is 0 Å². The van der Waals surface area contributed by atoms with E-state index in [0.717, 1.165) is 16.8 Å². The van der Waals surface area contributed by atoms with Crippen molar-refractivity contribution in [3.05, 3.63) is 69.5 Å². The summed E-state index contributed by atoms with van der Waals surface area (Å²) in [7, 11) is 0. The number of anilines is 1. The van der Waals surface area contributed by atoms with Crippen LogP contribution in [0.1, 0.15) is 42.3 Å². The van der Waals surface area contributed by atoms with E-state index in [1.54, 1.807) is 12.1 Å². The molecule has 0 aromatic heterocycles. The van der Waals surface area contributed by atoms with Gasteiger partial charge >= 0.3 is 0 Å². The zero-order chi connectivity index (χ0) is 17.1. The molecule has 1 aliphatic heterocycles.